The maximum Gasteiger partial charge on any atom is 0.330 e. The van der Waals surface area contributed by atoms with Gasteiger partial charge < -0.3 is 15.0 Å². The Bertz CT molecular complexity index is 514. The molecule has 1 aromatic rings. The van der Waals surface area contributed by atoms with Crippen molar-refractivity contribution in [1.29, 1.82) is 0 Å². The van der Waals surface area contributed by atoms with E-state index in [2.05, 4.69) is 12.2 Å². The normalized spacial score (nSPS) is 12.6. The highest BCUT2D eigenvalue weighted by Crippen LogP contribution is 2.01. The smallest absolute Gasteiger partial charge is 0.330 e. The summed E-state index contributed by atoms with van der Waals surface area (Å²) in [6.07, 6.45) is 4.42. The van der Waals surface area contributed by atoms with E-state index in [1.54, 1.807) is 20.2 Å². The summed E-state index contributed by atoms with van der Waals surface area (Å²) in [5.74, 6) is 0. The van der Waals surface area contributed by atoms with Gasteiger partial charge in [0.2, 0.25) is 0 Å². The van der Waals surface area contributed by atoms with Crippen molar-refractivity contribution < 1.29 is 5.11 Å². The fourth-order valence-electron chi connectivity index (χ4n) is 2.29. The van der Waals surface area contributed by atoms with Crippen LogP contribution in [0.5, 0.6) is 0 Å². The van der Waals surface area contributed by atoms with E-state index >= 15 is 0 Å². The minimum atomic E-state index is -0.367. The molecule has 0 aliphatic rings. The van der Waals surface area contributed by atoms with Gasteiger partial charge in [-0.05, 0) is 39.2 Å². The number of aryl methyl sites for hydroxylation is 2. The van der Waals surface area contributed by atoms with Gasteiger partial charge in [-0.15, -0.1) is 0 Å². The zero-order chi connectivity index (χ0) is 15.8. The van der Waals surface area contributed by atoms with E-state index in [9.17, 15) is 14.7 Å². The Hall–Kier alpha value is -1.40. The van der Waals surface area contributed by atoms with E-state index in [-0.39, 0.29) is 17.4 Å². The molecule has 2 N–H and O–H groups in total. The van der Waals surface area contributed by atoms with Crippen molar-refractivity contribution in [2.75, 3.05) is 13.1 Å². The Morgan fingerprint density at radius 1 is 1.33 bits per heavy atom. The molecule has 120 valence electrons. The van der Waals surface area contributed by atoms with Crippen LogP contribution in [0.1, 0.15) is 38.2 Å². The predicted molar refractivity (Wildman–Crippen MR) is 83.7 cm³/mol. The highest BCUT2D eigenvalue weighted by atomic mass is 16.3. The molecule has 0 aliphatic heterocycles. The average molecular weight is 297 g/mol. The minimum Gasteiger partial charge on any atom is -0.392 e. The van der Waals surface area contributed by atoms with Gasteiger partial charge in [0.05, 0.1) is 6.10 Å². The van der Waals surface area contributed by atoms with Gasteiger partial charge in [-0.3, -0.25) is 9.36 Å². The first-order valence-corrected chi connectivity index (χ1v) is 7.63. The van der Waals surface area contributed by atoms with Crippen molar-refractivity contribution in [3.8, 4) is 0 Å². The largest absolute Gasteiger partial charge is 0.392 e. The molecule has 1 atom stereocenters. The Balaban J connectivity index is 2.43. The van der Waals surface area contributed by atoms with E-state index in [4.69, 9.17) is 0 Å². The first-order valence-electron chi connectivity index (χ1n) is 7.63. The Morgan fingerprint density at radius 3 is 2.71 bits per heavy atom. The first kappa shape index (κ1) is 17.7. The molecule has 0 fully saturated rings. The summed E-state index contributed by atoms with van der Waals surface area (Å²) in [4.78, 5) is 23.8. The van der Waals surface area contributed by atoms with Crippen LogP contribution in [0.3, 0.4) is 0 Å². The maximum absolute atomic E-state index is 11.9. The number of hydrogen-bond acceptors (Lipinski definition) is 4. The monoisotopic (exact) mass is 297 g/mol. The fourth-order valence-corrected chi connectivity index (χ4v) is 2.29. The lowest BCUT2D eigenvalue weighted by atomic mass is 10.1. The molecule has 0 aliphatic carbocycles. The van der Waals surface area contributed by atoms with Gasteiger partial charge in [-0.1, -0.05) is 6.92 Å². The third-order valence-corrected chi connectivity index (χ3v) is 3.48. The average Bonchev–Trinajstić information content (AvgIpc) is 2.44. The topological polar surface area (TPSA) is 76.3 Å². The Kier molecular flexibility index (Phi) is 7.39. The fraction of sp³-hybridized carbons (Fsp3) is 0.733. The molecule has 0 saturated heterocycles. The molecular weight excluding hydrogens is 270 g/mol. The van der Waals surface area contributed by atoms with Gasteiger partial charge in [0.15, 0.2) is 0 Å². The summed E-state index contributed by atoms with van der Waals surface area (Å²) in [5, 5.41) is 12.9. The number of nitrogens with one attached hydrogen (secondary N) is 1. The number of aliphatic hydroxyl groups excluding tert-OH is 1. The second-order valence-electron chi connectivity index (χ2n) is 5.52. The van der Waals surface area contributed by atoms with Crippen molar-refractivity contribution >= 4 is 0 Å². The van der Waals surface area contributed by atoms with Gasteiger partial charge >= 0.3 is 5.69 Å². The van der Waals surface area contributed by atoms with E-state index < -0.39 is 0 Å². The lowest BCUT2D eigenvalue weighted by molar-refractivity contribution is 0.158. The first-order chi connectivity index (χ1) is 9.97. The third kappa shape index (κ3) is 5.47. The Morgan fingerprint density at radius 2 is 2.05 bits per heavy atom. The number of aliphatic hydroxyl groups is 1. The number of aromatic nitrogens is 2. The van der Waals surface area contributed by atoms with E-state index in [0.717, 1.165) is 19.4 Å². The molecule has 1 rings (SSSR count). The third-order valence-electron chi connectivity index (χ3n) is 3.48. The quantitative estimate of drug-likeness (QED) is 0.646. The van der Waals surface area contributed by atoms with Crippen molar-refractivity contribution in [3.63, 3.8) is 0 Å². The second kappa shape index (κ2) is 8.79. The van der Waals surface area contributed by atoms with Crippen LogP contribution in [0, 0.1) is 6.92 Å². The van der Waals surface area contributed by atoms with Gasteiger partial charge in [0.25, 0.3) is 5.56 Å². The van der Waals surface area contributed by atoms with Gasteiger partial charge in [0, 0.05) is 31.9 Å². The van der Waals surface area contributed by atoms with Gasteiger partial charge in [-0.2, -0.15) is 0 Å². The lowest BCUT2D eigenvalue weighted by Gasteiger charge is -2.12. The summed E-state index contributed by atoms with van der Waals surface area (Å²) in [6.45, 7) is 5.70. The summed E-state index contributed by atoms with van der Waals surface area (Å²) in [6, 6.07) is 0. The summed E-state index contributed by atoms with van der Waals surface area (Å²) < 4.78 is 2.71. The molecule has 0 radical (unpaired) electrons. The molecule has 6 heteroatoms. The van der Waals surface area contributed by atoms with Crippen LogP contribution in [0.25, 0.3) is 0 Å². The molecule has 0 amide bonds. The van der Waals surface area contributed by atoms with Crippen molar-refractivity contribution in [1.82, 2.24) is 14.5 Å². The SMILES string of the molecule is CCCNCC(O)CCCCn1c(=O)c(C)cn(C)c1=O. The molecule has 6 nitrogen and oxygen atoms in total. The van der Waals surface area contributed by atoms with Crippen LogP contribution < -0.4 is 16.6 Å². The Labute approximate surface area is 125 Å². The maximum atomic E-state index is 11.9. The minimum absolute atomic E-state index is 0.219. The summed E-state index contributed by atoms with van der Waals surface area (Å²) >= 11 is 0. The van der Waals surface area contributed by atoms with Crippen LogP contribution in [0.4, 0.5) is 0 Å². The van der Waals surface area contributed by atoms with Gasteiger partial charge in [-0.25, -0.2) is 4.79 Å². The highest BCUT2D eigenvalue weighted by molar-refractivity contribution is 5.02. The van der Waals surface area contributed by atoms with E-state index in [1.807, 2.05) is 0 Å². The second-order valence-corrected chi connectivity index (χ2v) is 5.52. The van der Waals surface area contributed by atoms with Crippen molar-refractivity contribution in [2.45, 2.75) is 52.2 Å². The lowest BCUT2D eigenvalue weighted by Crippen LogP contribution is -2.39. The van der Waals surface area contributed by atoms with Crippen LogP contribution in [-0.4, -0.2) is 33.4 Å². The molecule has 1 unspecified atom stereocenters. The van der Waals surface area contributed by atoms with Gasteiger partial charge in [0.1, 0.15) is 0 Å². The molecule has 21 heavy (non-hydrogen) atoms. The molecule has 0 bridgehead atoms. The van der Waals surface area contributed by atoms with Crippen LogP contribution in [0.2, 0.25) is 0 Å². The summed E-state index contributed by atoms with van der Waals surface area (Å²) in [5.41, 5.74) is 0.0694. The number of hydrogen-bond donors (Lipinski definition) is 2. The number of unbranched alkanes of at least 4 members (excludes halogenated alkanes) is 1. The predicted octanol–water partition coefficient (Wildman–Crippen LogP) is 0.386. The van der Waals surface area contributed by atoms with Crippen LogP contribution in [0.15, 0.2) is 15.8 Å². The molecule has 1 aromatic heterocycles. The zero-order valence-corrected chi connectivity index (χ0v) is 13.3. The van der Waals surface area contributed by atoms with Crippen LogP contribution in [-0.2, 0) is 13.6 Å². The molecule has 1 heterocycles. The number of nitrogens with zero attached hydrogens (tertiary/aromatic N) is 2. The summed E-state index contributed by atoms with van der Waals surface area (Å²) in [7, 11) is 1.65. The molecule has 0 spiro atoms. The highest BCUT2D eigenvalue weighted by Gasteiger charge is 2.07. The molecule has 0 saturated carbocycles. The van der Waals surface area contributed by atoms with Crippen LogP contribution >= 0.6 is 0 Å². The van der Waals surface area contributed by atoms with Crippen molar-refractivity contribution in [2.24, 2.45) is 7.05 Å². The van der Waals surface area contributed by atoms with E-state index in [1.165, 1.54) is 9.13 Å². The van der Waals surface area contributed by atoms with Crippen molar-refractivity contribution in [3.05, 3.63) is 32.6 Å². The zero-order valence-electron chi connectivity index (χ0n) is 13.3. The standard InChI is InChI=1S/C15H27N3O3/c1-4-8-16-10-13(19)7-5-6-9-18-14(20)12(2)11-17(3)15(18)21/h11,13,16,19H,4-10H2,1-3H3. The molecule has 0 aromatic carbocycles. The molecular formula is C15H27N3O3. The van der Waals surface area contributed by atoms with E-state index in [0.29, 0.717) is 31.5 Å². The number of rotatable bonds is 9.